The zero-order valence-electron chi connectivity index (χ0n) is 11.0. The molecule has 96 valence electrons. The summed E-state index contributed by atoms with van der Waals surface area (Å²) >= 11 is 1.97. The van der Waals surface area contributed by atoms with Crippen LogP contribution in [0.4, 0.5) is 0 Å². The second-order valence-electron chi connectivity index (χ2n) is 4.63. The van der Waals surface area contributed by atoms with Gasteiger partial charge in [-0.05, 0) is 31.1 Å². The van der Waals surface area contributed by atoms with Crippen LogP contribution in [-0.2, 0) is 0 Å². The van der Waals surface area contributed by atoms with Crippen LogP contribution in [0.25, 0.3) is 0 Å². The Balaban J connectivity index is 2.40. The number of hydrogen-bond donors (Lipinski definition) is 2. The van der Waals surface area contributed by atoms with Crippen molar-refractivity contribution in [1.29, 1.82) is 0 Å². The molecule has 0 radical (unpaired) electrons. The van der Waals surface area contributed by atoms with Crippen molar-refractivity contribution in [1.82, 2.24) is 5.32 Å². The molecular weight excluding hydrogens is 230 g/mol. The molecule has 17 heavy (non-hydrogen) atoms. The van der Waals surface area contributed by atoms with Crippen molar-refractivity contribution in [3.63, 3.8) is 0 Å². The van der Waals surface area contributed by atoms with Crippen LogP contribution in [0, 0.1) is 23.8 Å². The maximum atomic E-state index is 8.99. The highest BCUT2D eigenvalue weighted by molar-refractivity contribution is 8.00. The first-order chi connectivity index (χ1) is 8.19. The van der Waals surface area contributed by atoms with Gasteiger partial charge >= 0.3 is 0 Å². The van der Waals surface area contributed by atoms with E-state index < -0.39 is 0 Å². The van der Waals surface area contributed by atoms with Crippen LogP contribution in [0.2, 0.25) is 0 Å². The highest BCUT2D eigenvalue weighted by Crippen LogP contribution is 2.32. The van der Waals surface area contributed by atoms with E-state index in [1.165, 1.54) is 18.6 Å². The molecule has 0 saturated carbocycles. The Labute approximate surface area is 109 Å². The Bertz CT molecular complexity index is 316. The Morgan fingerprint density at radius 2 is 2.41 bits per heavy atom. The summed E-state index contributed by atoms with van der Waals surface area (Å²) in [4.78, 5) is 0. The summed E-state index contributed by atoms with van der Waals surface area (Å²) in [5.41, 5.74) is 1.13. The summed E-state index contributed by atoms with van der Waals surface area (Å²) in [6.07, 6.45) is 4.42. The van der Waals surface area contributed by atoms with Gasteiger partial charge in [0, 0.05) is 18.6 Å². The van der Waals surface area contributed by atoms with Gasteiger partial charge in [-0.2, -0.15) is 0 Å². The summed E-state index contributed by atoms with van der Waals surface area (Å²) in [6.45, 7) is 6.44. The largest absolute Gasteiger partial charge is 0.396 e. The SMILES string of the molecule is CCC1CCSC1NC#C/C=C(\C)C(C)CO. The normalized spacial score (nSPS) is 26.2. The first kappa shape index (κ1) is 14.5. The summed E-state index contributed by atoms with van der Waals surface area (Å²) in [6, 6.07) is 3.02. The molecule has 1 saturated heterocycles. The van der Waals surface area contributed by atoms with Crippen molar-refractivity contribution < 1.29 is 5.11 Å². The fourth-order valence-electron chi connectivity index (χ4n) is 1.76. The smallest absolute Gasteiger partial charge is 0.0825 e. The number of thioether (sulfide) groups is 1. The molecule has 0 aromatic rings. The zero-order valence-corrected chi connectivity index (χ0v) is 11.8. The quantitative estimate of drug-likeness (QED) is 0.597. The van der Waals surface area contributed by atoms with Gasteiger partial charge in [0.2, 0.25) is 0 Å². The van der Waals surface area contributed by atoms with E-state index in [1.54, 1.807) is 0 Å². The molecular formula is C14H23NOS. The van der Waals surface area contributed by atoms with Gasteiger partial charge in [0.15, 0.2) is 0 Å². The molecule has 0 aromatic carbocycles. The number of hydrogen-bond acceptors (Lipinski definition) is 3. The topological polar surface area (TPSA) is 32.3 Å². The van der Waals surface area contributed by atoms with Gasteiger partial charge in [-0.3, -0.25) is 0 Å². The summed E-state index contributed by atoms with van der Waals surface area (Å²) in [7, 11) is 0. The molecule has 2 N–H and O–H groups in total. The average Bonchev–Trinajstić information content (AvgIpc) is 2.80. The van der Waals surface area contributed by atoms with Crippen molar-refractivity contribution in [2.24, 2.45) is 11.8 Å². The second kappa shape index (κ2) is 7.68. The number of aliphatic hydroxyl groups excluding tert-OH is 1. The lowest BCUT2D eigenvalue weighted by atomic mass is 10.0. The molecule has 0 amide bonds. The summed E-state index contributed by atoms with van der Waals surface area (Å²) in [5, 5.41) is 12.8. The molecule has 0 bridgehead atoms. The lowest BCUT2D eigenvalue weighted by molar-refractivity contribution is 0.256. The predicted octanol–water partition coefficient (Wildman–Crippen LogP) is 2.60. The van der Waals surface area contributed by atoms with Gasteiger partial charge in [-0.25, -0.2) is 0 Å². The molecule has 2 nitrogen and oxygen atoms in total. The minimum absolute atomic E-state index is 0.188. The van der Waals surface area contributed by atoms with Crippen molar-refractivity contribution in [2.75, 3.05) is 12.4 Å². The fourth-order valence-corrected chi connectivity index (χ4v) is 3.20. The van der Waals surface area contributed by atoms with Crippen molar-refractivity contribution in [2.45, 2.75) is 39.0 Å². The van der Waals surface area contributed by atoms with Gasteiger partial charge in [0.25, 0.3) is 0 Å². The summed E-state index contributed by atoms with van der Waals surface area (Å²) in [5.74, 6) is 5.23. The molecule has 1 fully saturated rings. The third kappa shape index (κ3) is 4.65. The Hall–Kier alpha value is -0.590. The number of nitrogens with one attached hydrogen (secondary N) is 1. The van der Waals surface area contributed by atoms with Gasteiger partial charge in [-0.15, -0.1) is 11.8 Å². The molecule has 0 aliphatic carbocycles. The zero-order chi connectivity index (χ0) is 12.7. The van der Waals surface area contributed by atoms with E-state index in [2.05, 4.69) is 24.2 Å². The highest BCUT2D eigenvalue weighted by Gasteiger charge is 2.25. The predicted molar refractivity (Wildman–Crippen MR) is 75.6 cm³/mol. The highest BCUT2D eigenvalue weighted by atomic mass is 32.2. The number of allylic oxidation sites excluding steroid dienone is 1. The minimum atomic E-state index is 0.188. The molecule has 0 aromatic heterocycles. The maximum Gasteiger partial charge on any atom is 0.0825 e. The van der Waals surface area contributed by atoms with Crippen LogP contribution in [-0.4, -0.2) is 22.8 Å². The minimum Gasteiger partial charge on any atom is -0.396 e. The Kier molecular flexibility index (Phi) is 6.54. The molecule has 3 heteroatoms. The van der Waals surface area contributed by atoms with Crippen molar-refractivity contribution in [3.8, 4) is 12.0 Å². The van der Waals surface area contributed by atoms with Crippen LogP contribution in [0.1, 0.15) is 33.6 Å². The molecule has 1 rings (SSSR count). The molecule has 3 atom stereocenters. The average molecular weight is 253 g/mol. The van der Waals surface area contributed by atoms with Gasteiger partial charge in [-0.1, -0.05) is 31.8 Å². The summed E-state index contributed by atoms with van der Waals surface area (Å²) < 4.78 is 0. The molecule has 3 unspecified atom stereocenters. The van der Waals surface area contributed by atoms with Gasteiger partial charge in [0.1, 0.15) is 0 Å². The monoisotopic (exact) mass is 253 g/mol. The molecule has 1 heterocycles. The van der Waals surface area contributed by atoms with Crippen LogP contribution >= 0.6 is 11.8 Å². The van der Waals surface area contributed by atoms with E-state index in [1.807, 2.05) is 31.7 Å². The Morgan fingerprint density at radius 1 is 1.65 bits per heavy atom. The lowest BCUT2D eigenvalue weighted by Crippen LogP contribution is -2.25. The number of aliphatic hydroxyl groups is 1. The maximum absolute atomic E-state index is 8.99. The first-order valence-corrected chi connectivity index (χ1v) is 7.39. The van der Waals surface area contributed by atoms with Crippen LogP contribution in [0.15, 0.2) is 11.6 Å². The standard InChI is InChI=1S/C14H23NOS/c1-4-13-7-9-17-14(13)15-8-5-6-11(2)12(3)10-16/h6,12-16H,4,7,9-10H2,1-3H3/b11-6+. The van der Waals surface area contributed by atoms with Crippen molar-refractivity contribution in [3.05, 3.63) is 11.6 Å². The van der Waals surface area contributed by atoms with Crippen LogP contribution < -0.4 is 5.32 Å². The third-order valence-corrected chi connectivity index (χ3v) is 4.71. The Morgan fingerprint density at radius 3 is 3.06 bits per heavy atom. The van der Waals surface area contributed by atoms with Gasteiger partial charge < -0.3 is 10.4 Å². The first-order valence-electron chi connectivity index (χ1n) is 6.34. The molecule has 1 aliphatic heterocycles. The van der Waals surface area contributed by atoms with E-state index in [-0.39, 0.29) is 12.5 Å². The van der Waals surface area contributed by atoms with Gasteiger partial charge in [0.05, 0.1) is 5.37 Å². The molecule has 1 aliphatic rings. The van der Waals surface area contributed by atoms with Crippen LogP contribution in [0.3, 0.4) is 0 Å². The lowest BCUT2D eigenvalue weighted by Gasteiger charge is -2.15. The fraction of sp³-hybridized carbons (Fsp3) is 0.714. The van der Waals surface area contributed by atoms with Crippen LogP contribution in [0.5, 0.6) is 0 Å². The van der Waals surface area contributed by atoms with E-state index >= 15 is 0 Å². The van der Waals surface area contributed by atoms with E-state index in [4.69, 9.17) is 5.11 Å². The van der Waals surface area contributed by atoms with E-state index in [0.29, 0.717) is 5.37 Å². The third-order valence-electron chi connectivity index (χ3n) is 3.38. The number of rotatable bonds is 4. The second-order valence-corrected chi connectivity index (χ2v) is 5.88. The van der Waals surface area contributed by atoms with Crippen molar-refractivity contribution >= 4 is 11.8 Å². The van der Waals surface area contributed by atoms with E-state index in [0.717, 1.165) is 11.5 Å². The van der Waals surface area contributed by atoms with E-state index in [9.17, 15) is 0 Å². The molecule has 0 spiro atoms.